The Kier molecular flexibility index (Phi) is 7.74. The van der Waals surface area contributed by atoms with Crippen LogP contribution in [0.15, 0.2) is 24.3 Å². The number of benzene rings is 2. The number of nitrogens with one attached hydrogen (secondary N) is 1. The number of aliphatic hydroxyl groups excluding tert-OH is 1. The Morgan fingerprint density at radius 3 is 2.33 bits per heavy atom. The number of alkyl halides is 6. The maximum Gasteiger partial charge on any atom is 0.416 e. The number of hydrogen-bond donors (Lipinski definition) is 2. The van der Waals surface area contributed by atoms with E-state index in [1.54, 1.807) is 0 Å². The first kappa shape index (κ1) is 28.3. The third-order valence-electron chi connectivity index (χ3n) is 6.10. The van der Waals surface area contributed by atoms with Crippen molar-refractivity contribution in [2.75, 3.05) is 11.4 Å². The molecule has 1 fully saturated rings. The molecule has 2 N–H and O–H groups in total. The highest BCUT2D eigenvalue weighted by Crippen LogP contribution is 2.54. The van der Waals surface area contributed by atoms with Gasteiger partial charge in [0.05, 0.1) is 10.6 Å². The molecule has 0 bridgehead atoms. The van der Waals surface area contributed by atoms with Gasteiger partial charge in [0.1, 0.15) is 22.5 Å². The lowest BCUT2D eigenvalue weighted by molar-refractivity contribution is -0.211. The minimum absolute atomic E-state index is 0.0207. The Hall–Kier alpha value is -2.31. The molecular formula is C22H18Cl2F8N2O2. The third-order valence-corrected chi connectivity index (χ3v) is 6.71. The Labute approximate surface area is 209 Å². The summed E-state index contributed by atoms with van der Waals surface area (Å²) in [6, 6.07) is 2.89. The molecule has 14 heteroatoms. The molecule has 2 atom stereocenters. The van der Waals surface area contributed by atoms with Crippen LogP contribution in [0, 0.1) is 11.6 Å². The van der Waals surface area contributed by atoms with Crippen molar-refractivity contribution in [3.8, 4) is 0 Å². The highest BCUT2D eigenvalue weighted by atomic mass is 35.5. The molecular weight excluding hydrogens is 547 g/mol. The van der Waals surface area contributed by atoms with Gasteiger partial charge < -0.3 is 15.3 Å². The van der Waals surface area contributed by atoms with Gasteiger partial charge in [0.25, 0.3) is 0 Å². The Bertz CT molecular complexity index is 1170. The zero-order valence-corrected chi connectivity index (χ0v) is 19.8. The summed E-state index contributed by atoms with van der Waals surface area (Å²) in [7, 11) is 0. The summed E-state index contributed by atoms with van der Waals surface area (Å²) in [4.78, 5) is 12.1. The number of nitrogens with zero attached hydrogens (tertiary/aromatic N) is 1. The molecule has 3 rings (SSSR count). The van der Waals surface area contributed by atoms with E-state index in [-0.39, 0.29) is 12.0 Å². The molecule has 198 valence electrons. The lowest BCUT2D eigenvalue weighted by Crippen LogP contribution is -2.53. The van der Waals surface area contributed by atoms with Gasteiger partial charge in [-0.15, -0.1) is 0 Å². The second-order valence-electron chi connectivity index (χ2n) is 8.10. The second kappa shape index (κ2) is 9.86. The lowest BCUT2D eigenvalue weighted by Gasteiger charge is -2.37. The van der Waals surface area contributed by atoms with Crippen LogP contribution in [0.1, 0.15) is 36.5 Å². The maximum absolute atomic E-state index is 14.8. The summed E-state index contributed by atoms with van der Waals surface area (Å²) >= 11 is 11.1. The average molecular weight is 565 g/mol. The molecule has 0 spiro atoms. The minimum Gasteiger partial charge on any atom is -0.372 e. The molecule has 36 heavy (non-hydrogen) atoms. The highest BCUT2D eigenvalue weighted by Gasteiger charge is 2.66. The Morgan fingerprint density at radius 2 is 1.78 bits per heavy atom. The van der Waals surface area contributed by atoms with Crippen molar-refractivity contribution in [2.45, 2.75) is 50.3 Å². The molecule has 0 radical (unpaired) electrons. The number of halogens is 10. The van der Waals surface area contributed by atoms with E-state index in [1.165, 1.54) is 6.92 Å². The monoisotopic (exact) mass is 564 g/mol. The topological polar surface area (TPSA) is 52.6 Å². The maximum atomic E-state index is 14.8. The van der Waals surface area contributed by atoms with Crippen LogP contribution >= 0.6 is 23.2 Å². The average Bonchev–Trinajstić information content (AvgIpc) is 3.15. The van der Waals surface area contributed by atoms with Crippen molar-refractivity contribution >= 4 is 34.8 Å². The van der Waals surface area contributed by atoms with Crippen LogP contribution in [0.5, 0.6) is 0 Å². The predicted octanol–water partition coefficient (Wildman–Crippen LogP) is 6.35. The van der Waals surface area contributed by atoms with Crippen LogP contribution in [-0.2, 0) is 22.9 Å². The van der Waals surface area contributed by atoms with Crippen molar-refractivity contribution in [3.63, 3.8) is 0 Å². The third kappa shape index (κ3) is 4.82. The number of aliphatic hydroxyl groups is 1. The summed E-state index contributed by atoms with van der Waals surface area (Å²) in [5.41, 5.74) is -6.66. The smallest absolute Gasteiger partial charge is 0.372 e. The fourth-order valence-electron chi connectivity index (χ4n) is 4.18. The van der Waals surface area contributed by atoms with Crippen molar-refractivity contribution < 1.29 is 45.0 Å². The first-order chi connectivity index (χ1) is 16.6. The normalized spacial score (nSPS) is 20.7. The SMILES string of the molecule is CCC(=O)NCc1ccc(N2CCC(c3cc(Cl)c(F)c(Cl)c3F)(C(F)(F)F)C2O)cc1C(F)(F)F. The molecule has 2 aromatic carbocycles. The quantitative estimate of drug-likeness (QED) is 0.253. The standard InChI is InChI=1S/C22H18Cl2F8N2O2/c1-2-15(35)33-9-10-3-4-11(7-12(10)21(27,28)29)34-6-5-20(19(34)36,22(30,31)32)13-8-14(23)18(26)16(24)17(13)25/h3-4,7-8,19,36H,2,5-6,9H2,1H3,(H,33,35). The highest BCUT2D eigenvalue weighted by molar-refractivity contribution is 6.35. The van der Waals surface area contributed by atoms with Gasteiger partial charge in [-0.25, -0.2) is 8.78 Å². The lowest BCUT2D eigenvalue weighted by atomic mass is 9.77. The van der Waals surface area contributed by atoms with Crippen molar-refractivity contribution in [1.29, 1.82) is 0 Å². The van der Waals surface area contributed by atoms with Gasteiger partial charge in [0, 0.05) is 30.8 Å². The van der Waals surface area contributed by atoms with E-state index >= 15 is 0 Å². The van der Waals surface area contributed by atoms with Gasteiger partial charge in [-0.1, -0.05) is 36.2 Å². The molecule has 0 aromatic heterocycles. The van der Waals surface area contributed by atoms with Crippen LogP contribution < -0.4 is 10.2 Å². The van der Waals surface area contributed by atoms with Crippen LogP contribution in [-0.4, -0.2) is 30.0 Å². The van der Waals surface area contributed by atoms with E-state index in [0.717, 1.165) is 12.1 Å². The minimum atomic E-state index is -5.34. The van der Waals surface area contributed by atoms with E-state index < -0.39 is 87.9 Å². The van der Waals surface area contributed by atoms with Crippen LogP contribution in [0.4, 0.5) is 40.8 Å². The number of hydrogen-bond acceptors (Lipinski definition) is 3. The molecule has 1 amide bonds. The zero-order valence-electron chi connectivity index (χ0n) is 18.3. The summed E-state index contributed by atoms with van der Waals surface area (Å²) in [6.45, 7) is 0.361. The van der Waals surface area contributed by atoms with Gasteiger partial charge >= 0.3 is 12.4 Å². The van der Waals surface area contributed by atoms with E-state index in [2.05, 4.69) is 5.32 Å². The van der Waals surface area contributed by atoms with Gasteiger partial charge in [-0.3, -0.25) is 4.79 Å². The summed E-state index contributed by atoms with van der Waals surface area (Å²) in [6.07, 6.45) is -13.9. The van der Waals surface area contributed by atoms with E-state index in [9.17, 15) is 45.0 Å². The molecule has 0 aliphatic carbocycles. The first-order valence-corrected chi connectivity index (χ1v) is 11.1. The van der Waals surface area contributed by atoms with Gasteiger partial charge in [-0.2, -0.15) is 26.3 Å². The molecule has 1 aliphatic rings. The molecule has 1 aliphatic heterocycles. The van der Waals surface area contributed by atoms with E-state index in [4.69, 9.17) is 23.2 Å². The number of amides is 1. The number of carbonyl (C=O) groups excluding carboxylic acids is 1. The molecule has 1 heterocycles. The fourth-order valence-corrected chi connectivity index (χ4v) is 4.63. The number of carbonyl (C=O) groups is 1. The largest absolute Gasteiger partial charge is 0.416 e. The van der Waals surface area contributed by atoms with Crippen molar-refractivity contribution in [3.05, 3.63) is 62.6 Å². The number of rotatable bonds is 5. The molecule has 0 saturated carbocycles. The zero-order chi connectivity index (χ0) is 27.2. The van der Waals surface area contributed by atoms with E-state index in [1.807, 2.05) is 0 Å². The van der Waals surface area contributed by atoms with Crippen LogP contribution in [0.2, 0.25) is 10.0 Å². The Balaban J connectivity index is 2.11. The van der Waals surface area contributed by atoms with Gasteiger partial charge in [0.2, 0.25) is 5.91 Å². The van der Waals surface area contributed by atoms with Crippen LogP contribution in [0.3, 0.4) is 0 Å². The van der Waals surface area contributed by atoms with Crippen molar-refractivity contribution in [1.82, 2.24) is 5.32 Å². The van der Waals surface area contributed by atoms with Gasteiger partial charge in [-0.05, 0) is 30.2 Å². The molecule has 1 saturated heterocycles. The first-order valence-electron chi connectivity index (χ1n) is 10.4. The second-order valence-corrected chi connectivity index (χ2v) is 8.89. The number of anilines is 1. The summed E-state index contributed by atoms with van der Waals surface area (Å²) in [5.74, 6) is -3.81. The summed E-state index contributed by atoms with van der Waals surface area (Å²) < 4.78 is 113. The van der Waals surface area contributed by atoms with Crippen molar-refractivity contribution in [2.24, 2.45) is 0 Å². The fraction of sp³-hybridized carbons (Fsp3) is 0.409. The molecule has 4 nitrogen and oxygen atoms in total. The predicted molar refractivity (Wildman–Crippen MR) is 116 cm³/mol. The molecule has 2 unspecified atom stereocenters. The summed E-state index contributed by atoms with van der Waals surface area (Å²) in [5, 5.41) is 10.9. The molecule has 2 aromatic rings. The van der Waals surface area contributed by atoms with Crippen LogP contribution in [0.25, 0.3) is 0 Å². The Morgan fingerprint density at radius 1 is 1.14 bits per heavy atom. The van der Waals surface area contributed by atoms with Gasteiger partial charge in [0.15, 0.2) is 5.82 Å². The van der Waals surface area contributed by atoms with E-state index in [0.29, 0.717) is 17.0 Å².